The summed E-state index contributed by atoms with van der Waals surface area (Å²) in [6, 6.07) is 2.36. The minimum Gasteiger partial charge on any atom is -0.355 e. The minimum atomic E-state index is -0.385. The van der Waals surface area contributed by atoms with E-state index >= 15 is 0 Å². The van der Waals surface area contributed by atoms with Gasteiger partial charge in [-0.05, 0) is 33.0 Å². The number of nitro groups is 1. The number of aromatic nitrogens is 1. The molecule has 1 aromatic rings. The number of hydrogen-bond donors (Lipinski definition) is 0. The molecule has 1 aromatic heterocycles. The normalized spacial score (nSPS) is 19.2. The molecule has 0 bridgehead atoms. The van der Waals surface area contributed by atoms with E-state index in [4.69, 9.17) is 0 Å². The van der Waals surface area contributed by atoms with Crippen LogP contribution in [0.3, 0.4) is 0 Å². The maximum Gasteiger partial charge on any atom is 0.290 e. The Morgan fingerprint density at radius 2 is 2.37 bits per heavy atom. The lowest BCUT2D eigenvalue weighted by atomic mass is 10.2. The van der Waals surface area contributed by atoms with Crippen molar-refractivity contribution in [3.8, 4) is 0 Å². The van der Waals surface area contributed by atoms with Crippen LogP contribution in [0.1, 0.15) is 18.9 Å². The predicted molar refractivity (Wildman–Crippen MR) is 74.6 cm³/mol. The molecule has 0 amide bonds. The summed E-state index contributed by atoms with van der Waals surface area (Å²) in [5, 5.41) is 10.8. The van der Waals surface area contributed by atoms with Gasteiger partial charge in [-0.25, -0.2) is 4.98 Å². The summed E-state index contributed by atoms with van der Waals surface area (Å²) >= 11 is 0. The maximum atomic E-state index is 10.8. The summed E-state index contributed by atoms with van der Waals surface area (Å²) in [4.78, 5) is 19.2. The number of hydrogen-bond acceptors (Lipinski definition) is 5. The third-order valence-electron chi connectivity index (χ3n) is 3.87. The smallest absolute Gasteiger partial charge is 0.290 e. The third kappa shape index (κ3) is 2.84. The van der Waals surface area contributed by atoms with E-state index < -0.39 is 0 Å². The van der Waals surface area contributed by atoms with Gasteiger partial charge in [0.25, 0.3) is 5.69 Å². The summed E-state index contributed by atoms with van der Waals surface area (Å²) in [7, 11) is 2.13. The van der Waals surface area contributed by atoms with E-state index in [9.17, 15) is 10.1 Å². The topological polar surface area (TPSA) is 62.5 Å². The highest BCUT2D eigenvalue weighted by molar-refractivity contribution is 5.49. The SMILES string of the molecule is CCN(C)[C@H]1CCN(c2cc(C)c([N+](=O)[O-])cn2)C1. The second kappa shape index (κ2) is 5.52. The molecule has 0 N–H and O–H groups in total. The molecule has 1 saturated heterocycles. The Labute approximate surface area is 113 Å². The van der Waals surface area contributed by atoms with Crippen LogP contribution in [-0.2, 0) is 0 Å². The van der Waals surface area contributed by atoms with E-state index in [1.807, 2.05) is 6.07 Å². The molecule has 0 radical (unpaired) electrons. The van der Waals surface area contributed by atoms with Crippen LogP contribution < -0.4 is 4.90 Å². The van der Waals surface area contributed by atoms with Gasteiger partial charge in [-0.1, -0.05) is 6.92 Å². The first-order chi connectivity index (χ1) is 9.02. The molecule has 19 heavy (non-hydrogen) atoms. The van der Waals surface area contributed by atoms with Crippen LogP contribution >= 0.6 is 0 Å². The van der Waals surface area contributed by atoms with E-state index in [1.165, 1.54) is 6.20 Å². The van der Waals surface area contributed by atoms with Crippen LogP contribution in [0.5, 0.6) is 0 Å². The van der Waals surface area contributed by atoms with Crippen molar-refractivity contribution in [2.75, 3.05) is 31.6 Å². The Morgan fingerprint density at radius 3 is 2.95 bits per heavy atom. The molecular weight excluding hydrogens is 244 g/mol. The van der Waals surface area contributed by atoms with E-state index in [2.05, 4.69) is 28.8 Å². The number of anilines is 1. The molecule has 6 nitrogen and oxygen atoms in total. The fraction of sp³-hybridized carbons (Fsp3) is 0.615. The highest BCUT2D eigenvalue weighted by Crippen LogP contribution is 2.25. The molecule has 0 aliphatic carbocycles. The van der Waals surface area contributed by atoms with E-state index in [0.717, 1.165) is 31.9 Å². The zero-order valence-corrected chi connectivity index (χ0v) is 11.7. The van der Waals surface area contributed by atoms with Crippen molar-refractivity contribution in [1.29, 1.82) is 0 Å². The second-order valence-electron chi connectivity index (χ2n) is 5.05. The number of aryl methyl sites for hydroxylation is 1. The van der Waals surface area contributed by atoms with Crippen LogP contribution in [0.2, 0.25) is 0 Å². The minimum absolute atomic E-state index is 0.0881. The lowest BCUT2D eigenvalue weighted by Crippen LogP contribution is -2.34. The molecule has 2 rings (SSSR count). The number of nitrogens with zero attached hydrogens (tertiary/aromatic N) is 4. The van der Waals surface area contributed by atoms with Crippen LogP contribution in [0, 0.1) is 17.0 Å². The van der Waals surface area contributed by atoms with Gasteiger partial charge in [-0.3, -0.25) is 10.1 Å². The first kappa shape index (κ1) is 13.7. The fourth-order valence-corrected chi connectivity index (χ4v) is 2.47. The molecule has 1 atom stereocenters. The highest BCUT2D eigenvalue weighted by Gasteiger charge is 2.26. The molecule has 0 aromatic carbocycles. The van der Waals surface area contributed by atoms with E-state index in [0.29, 0.717) is 11.6 Å². The van der Waals surface area contributed by atoms with Gasteiger partial charge in [0.1, 0.15) is 12.0 Å². The quantitative estimate of drug-likeness (QED) is 0.613. The Morgan fingerprint density at radius 1 is 1.63 bits per heavy atom. The van der Waals surface area contributed by atoms with Gasteiger partial charge >= 0.3 is 0 Å². The Hall–Kier alpha value is -1.69. The fourth-order valence-electron chi connectivity index (χ4n) is 2.47. The van der Waals surface area contributed by atoms with Gasteiger partial charge in [0.05, 0.1) is 4.92 Å². The Bertz CT molecular complexity index is 478. The van der Waals surface area contributed by atoms with Crippen molar-refractivity contribution in [3.63, 3.8) is 0 Å². The van der Waals surface area contributed by atoms with Crippen molar-refractivity contribution in [2.45, 2.75) is 26.3 Å². The summed E-state index contributed by atoms with van der Waals surface area (Å²) in [5.74, 6) is 0.843. The summed E-state index contributed by atoms with van der Waals surface area (Å²) in [6.45, 7) is 6.84. The van der Waals surface area contributed by atoms with Gasteiger partial charge in [0.15, 0.2) is 0 Å². The highest BCUT2D eigenvalue weighted by atomic mass is 16.6. The van der Waals surface area contributed by atoms with E-state index in [-0.39, 0.29) is 10.6 Å². The Balaban J connectivity index is 2.12. The Kier molecular flexibility index (Phi) is 3.99. The first-order valence-electron chi connectivity index (χ1n) is 6.59. The summed E-state index contributed by atoms with van der Waals surface area (Å²) < 4.78 is 0. The predicted octanol–water partition coefficient (Wildman–Crippen LogP) is 1.83. The number of rotatable bonds is 4. The number of likely N-dealkylation sites (N-methyl/N-ethyl adjacent to an activating group) is 1. The lowest BCUT2D eigenvalue weighted by Gasteiger charge is -2.23. The monoisotopic (exact) mass is 264 g/mol. The van der Waals surface area contributed by atoms with E-state index in [1.54, 1.807) is 6.92 Å². The van der Waals surface area contributed by atoms with Crippen LogP contribution in [-0.4, -0.2) is 47.5 Å². The van der Waals surface area contributed by atoms with Crippen LogP contribution in [0.4, 0.5) is 11.5 Å². The molecule has 1 aliphatic rings. The largest absolute Gasteiger partial charge is 0.355 e. The van der Waals surface area contributed by atoms with Gasteiger partial charge < -0.3 is 9.80 Å². The molecule has 104 valence electrons. The molecule has 1 aliphatic heterocycles. The first-order valence-corrected chi connectivity index (χ1v) is 6.59. The lowest BCUT2D eigenvalue weighted by molar-refractivity contribution is -0.385. The standard InChI is InChI=1S/C13H20N4O2/c1-4-15(3)11-5-6-16(9-11)13-7-10(2)12(8-14-13)17(18)19/h7-8,11H,4-6,9H2,1-3H3/t11-/m0/s1. The maximum absolute atomic E-state index is 10.8. The number of pyridine rings is 1. The van der Waals surface area contributed by atoms with Crippen molar-refractivity contribution in [1.82, 2.24) is 9.88 Å². The summed E-state index contributed by atoms with van der Waals surface area (Å²) in [6.07, 6.45) is 2.48. The van der Waals surface area contributed by atoms with Crippen LogP contribution in [0.15, 0.2) is 12.3 Å². The van der Waals surface area contributed by atoms with Crippen molar-refractivity contribution in [2.24, 2.45) is 0 Å². The van der Waals surface area contributed by atoms with Crippen LogP contribution in [0.25, 0.3) is 0 Å². The molecule has 0 unspecified atom stereocenters. The molecular formula is C13H20N4O2. The average Bonchev–Trinajstić information content (AvgIpc) is 2.86. The van der Waals surface area contributed by atoms with Gasteiger partial charge in [0.2, 0.25) is 0 Å². The molecule has 2 heterocycles. The average molecular weight is 264 g/mol. The summed E-state index contributed by atoms with van der Waals surface area (Å²) in [5.41, 5.74) is 0.757. The third-order valence-corrected chi connectivity index (χ3v) is 3.87. The van der Waals surface area contributed by atoms with Crippen molar-refractivity contribution >= 4 is 11.5 Å². The molecule has 1 fully saturated rings. The molecule has 0 saturated carbocycles. The molecule has 6 heteroatoms. The van der Waals surface area contributed by atoms with Gasteiger partial charge in [-0.2, -0.15) is 0 Å². The van der Waals surface area contributed by atoms with Crippen molar-refractivity contribution < 1.29 is 4.92 Å². The van der Waals surface area contributed by atoms with Crippen molar-refractivity contribution in [3.05, 3.63) is 27.9 Å². The van der Waals surface area contributed by atoms with Gasteiger partial charge in [0, 0.05) is 24.7 Å². The van der Waals surface area contributed by atoms with Gasteiger partial charge in [-0.15, -0.1) is 0 Å². The second-order valence-corrected chi connectivity index (χ2v) is 5.05. The molecule has 0 spiro atoms. The zero-order chi connectivity index (χ0) is 14.0. The zero-order valence-electron chi connectivity index (χ0n) is 11.7.